The fourth-order valence-corrected chi connectivity index (χ4v) is 4.20. The Bertz CT molecular complexity index is 1330. The molecule has 172 valence electrons. The summed E-state index contributed by atoms with van der Waals surface area (Å²) in [6.07, 6.45) is 1.01. The number of esters is 1. The molecule has 10 heteroatoms. The molecule has 9 nitrogen and oxygen atoms in total. The van der Waals surface area contributed by atoms with Crippen molar-refractivity contribution in [2.45, 2.75) is 11.7 Å². The number of thioether (sulfide) groups is 1. The highest BCUT2D eigenvalue weighted by molar-refractivity contribution is 8.15. The SMILES string of the molecule is COc1cc(/C=N\N=C2/NC(=O)[C@H](CC(=O)[O-])S2)ccc1OC(=O)c1cccc2ccccc12. The number of carbonyl (C=O) groups excluding carboxylic acids is 3. The van der Waals surface area contributed by atoms with E-state index in [1.54, 1.807) is 30.3 Å². The minimum absolute atomic E-state index is 0.195. The van der Waals surface area contributed by atoms with Crippen LogP contribution in [0.25, 0.3) is 10.8 Å². The van der Waals surface area contributed by atoms with Crippen LogP contribution >= 0.6 is 11.8 Å². The molecule has 3 aromatic carbocycles. The fourth-order valence-electron chi connectivity index (χ4n) is 3.29. The molecule has 0 saturated carbocycles. The van der Waals surface area contributed by atoms with Gasteiger partial charge in [-0.3, -0.25) is 4.79 Å². The van der Waals surface area contributed by atoms with Crippen LogP contribution in [0.5, 0.6) is 11.5 Å². The zero-order valence-corrected chi connectivity index (χ0v) is 18.7. The fraction of sp³-hybridized carbons (Fsp3) is 0.125. The van der Waals surface area contributed by atoms with Crippen molar-refractivity contribution in [2.75, 3.05) is 7.11 Å². The number of benzene rings is 3. The van der Waals surface area contributed by atoms with E-state index in [0.29, 0.717) is 16.9 Å². The number of carbonyl (C=O) groups is 3. The summed E-state index contributed by atoms with van der Waals surface area (Å²) >= 11 is 0.970. The highest BCUT2D eigenvalue weighted by Crippen LogP contribution is 2.29. The van der Waals surface area contributed by atoms with Crippen molar-refractivity contribution in [1.29, 1.82) is 0 Å². The number of nitrogens with zero attached hydrogens (tertiary/aromatic N) is 2. The summed E-state index contributed by atoms with van der Waals surface area (Å²) in [6.45, 7) is 0. The number of nitrogens with one attached hydrogen (secondary N) is 1. The smallest absolute Gasteiger partial charge is 0.344 e. The Morgan fingerprint density at radius 2 is 1.91 bits per heavy atom. The summed E-state index contributed by atoms with van der Waals surface area (Å²) in [5.74, 6) is -1.72. The first-order valence-electron chi connectivity index (χ1n) is 10.1. The van der Waals surface area contributed by atoms with Gasteiger partial charge in [-0.25, -0.2) is 4.79 Å². The average Bonchev–Trinajstić information content (AvgIpc) is 3.17. The van der Waals surface area contributed by atoms with Crippen LogP contribution in [0.3, 0.4) is 0 Å². The van der Waals surface area contributed by atoms with Gasteiger partial charge in [0.2, 0.25) is 5.91 Å². The number of ether oxygens (including phenoxy) is 2. The molecule has 0 aromatic heterocycles. The normalized spacial score (nSPS) is 16.7. The lowest BCUT2D eigenvalue weighted by atomic mass is 10.0. The molecule has 1 N–H and O–H groups in total. The van der Waals surface area contributed by atoms with Crippen molar-refractivity contribution in [3.8, 4) is 11.5 Å². The van der Waals surface area contributed by atoms with E-state index in [2.05, 4.69) is 15.5 Å². The van der Waals surface area contributed by atoms with E-state index in [1.807, 2.05) is 30.3 Å². The number of rotatable bonds is 7. The first-order valence-corrected chi connectivity index (χ1v) is 11.0. The predicted molar refractivity (Wildman–Crippen MR) is 126 cm³/mol. The second-order valence-corrected chi connectivity index (χ2v) is 8.34. The maximum atomic E-state index is 12.8. The van der Waals surface area contributed by atoms with Crippen molar-refractivity contribution in [3.05, 3.63) is 71.8 Å². The lowest BCUT2D eigenvalue weighted by molar-refractivity contribution is -0.305. The number of methoxy groups -OCH3 is 1. The number of aliphatic carboxylic acids is 1. The van der Waals surface area contributed by atoms with E-state index < -0.39 is 29.5 Å². The first kappa shape index (κ1) is 23.0. The van der Waals surface area contributed by atoms with Gasteiger partial charge in [0, 0.05) is 12.4 Å². The molecule has 0 radical (unpaired) electrons. The Labute approximate surface area is 198 Å². The van der Waals surface area contributed by atoms with Gasteiger partial charge in [-0.1, -0.05) is 48.2 Å². The Kier molecular flexibility index (Phi) is 6.88. The average molecular weight is 476 g/mol. The van der Waals surface area contributed by atoms with Gasteiger partial charge in [0.15, 0.2) is 16.7 Å². The number of carboxylic acids is 1. The van der Waals surface area contributed by atoms with Gasteiger partial charge >= 0.3 is 5.97 Å². The second-order valence-electron chi connectivity index (χ2n) is 7.15. The van der Waals surface area contributed by atoms with Gasteiger partial charge in [-0.2, -0.15) is 5.10 Å². The molecule has 34 heavy (non-hydrogen) atoms. The predicted octanol–water partition coefficient (Wildman–Crippen LogP) is 2.13. The van der Waals surface area contributed by atoms with Crippen LogP contribution in [-0.2, 0) is 9.59 Å². The van der Waals surface area contributed by atoms with Crippen molar-refractivity contribution in [1.82, 2.24) is 5.32 Å². The Balaban J connectivity index is 1.47. The van der Waals surface area contributed by atoms with Gasteiger partial charge in [0.05, 0.1) is 24.1 Å². The third kappa shape index (κ3) is 5.24. The van der Waals surface area contributed by atoms with E-state index in [1.165, 1.54) is 13.3 Å². The molecule has 0 unspecified atom stereocenters. The van der Waals surface area contributed by atoms with E-state index in [4.69, 9.17) is 9.47 Å². The van der Waals surface area contributed by atoms with Gasteiger partial charge in [-0.05, 0) is 40.6 Å². The summed E-state index contributed by atoms with van der Waals surface area (Å²) in [5, 5.41) is 22.1. The largest absolute Gasteiger partial charge is 0.550 e. The van der Waals surface area contributed by atoms with Crippen molar-refractivity contribution < 1.29 is 29.0 Å². The highest BCUT2D eigenvalue weighted by atomic mass is 32.2. The molecule has 1 fully saturated rings. The summed E-state index contributed by atoms with van der Waals surface area (Å²) < 4.78 is 10.9. The second kappa shape index (κ2) is 10.2. The minimum atomic E-state index is -1.31. The van der Waals surface area contributed by atoms with Crippen LogP contribution in [0.4, 0.5) is 0 Å². The zero-order chi connectivity index (χ0) is 24.1. The quantitative estimate of drug-likeness (QED) is 0.239. The molecule has 1 heterocycles. The minimum Gasteiger partial charge on any atom is -0.550 e. The Hall–Kier alpha value is -4.18. The van der Waals surface area contributed by atoms with Gasteiger partial charge in [0.25, 0.3) is 0 Å². The molecule has 1 atom stereocenters. The molecule has 1 saturated heterocycles. The van der Waals surface area contributed by atoms with E-state index in [9.17, 15) is 19.5 Å². The van der Waals surface area contributed by atoms with E-state index >= 15 is 0 Å². The molecule has 0 bridgehead atoms. The van der Waals surface area contributed by atoms with Crippen LogP contribution in [0.1, 0.15) is 22.3 Å². The molecular formula is C24H18N3O6S-. The van der Waals surface area contributed by atoms with Gasteiger partial charge in [0.1, 0.15) is 0 Å². The molecule has 0 spiro atoms. The number of hydrogen-bond acceptors (Lipinski definition) is 9. The number of amides is 1. The van der Waals surface area contributed by atoms with Crippen LogP contribution in [0.15, 0.2) is 70.9 Å². The van der Waals surface area contributed by atoms with Crippen molar-refractivity contribution in [3.63, 3.8) is 0 Å². The Morgan fingerprint density at radius 3 is 2.71 bits per heavy atom. The molecule has 1 amide bonds. The van der Waals surface area contributed by atoms with Crippen LogP contribution in [0, 0.1) is 0 Å². The van der Waals surface area contributed by atoms with E-state index in [0.717, 1.165) is 22.5 Å². The van der Waals surface area contributed by atoms with Crippen LogP contribution in [-0.4, -0.2) is 41.6 Å². The first-order chi connectivity index (χ1) is 16.4. The van der Waals surface area contributed by atoms with Crippen LogP contribution in [0.2, 0.25) is 0 Å². The molecular weight excluding hydrogens is 458 g/mol. The summed E-state index contributed by atoms with van der Waals surface area (Å²) in [5.41, 5.74) is 1.04. The molecule has 0 aliphatic carbocycles. The van der Waals surface area contributed by atoms with Crippen LogP contribution < -0.4 is 19.9 Å². The summed E-state index contributed by atoms with van der Waals surface area (Å²) in [6, 6.07) is 17.8. The third-order valence-corrected chi connectivity index (χ3v) is 5.96. The van der Waals surface area contributed by atoms with E-state index in [-0.39, 0.29) is 10.9 Å². The number of hydrogen-bond donors (Lipinski definition) is 1. The maximum absolute atomic E-state index is 12.8. The van der Waals surface area contributed by atoms with Crippen molar-refractivity contribution >= 4 is 51.8 Å². The maximum Gasteiger partial charge on any atom is 0.344 e. The third-order valence-electron chi connectivity index (χ3n) is 4.88. The van der Waals surface area contributed by atoms with Gasteiger partial charge < -0.3 is 24.7 Å². The summed E-state index contributed by atoms with van der Waals surface area (Å²) in [4.78, 5) is 35.2. The monoisotopic (exact) mass is 476 g/mol. The zero-order valence-electron chi connectivity index (χ0n) is 17.9. The molecule has 1 aliphatic heterocycles. The number of fused-ring (bicyclic) bond motifs is 1. The lowest BCUT2D eigenvalue weighted by Crippen LogP contribution is -2.31. The highest BCUT2D eigenvalue weighted by Gasteiger charge is 2.30. The molecule has 1 aliphatic rings. The number of carboxylic acid groups (broad SMARTS) is 1. The molecule has 3 aromatic rings. The Morgan fingerprint density at radius 1 is 1.12 bits per heavy atom. The number of amidine groups is 1. The van der Waals surface area contributed by atoms with Crippen molar-refractivity contribution in [2.24, 2.45) is 10.2 Å². The lowest BCUT2D eigenvalue weighted by Gasteiger charge is -2.11. The standard InChI is InChI=1S/C24H19N3O6S/c1-32-19-11-14(13-25-27-24-26-22(30)20(34-24)12-21(28)29)9-10-18(19)33-23(31)17-8-4-6-15-5-2-3-7-16(15)17/h2-11,13,20H,12H2,1H3,(H,28,29)(H,26,27,30)/p-1/b25-13-/t20-/m0/s1. The summed E-state index contributed by atoms with van der Waals surface area (Å²) in [7, 11) is 1.45. The topological polar surface area (TPSA) is 129 Å². The molecule has 4 rings (SSSR count). The van der Waals surface area contributed by atoms with Gasteiger partial charge in [-0.15, -0.1) is 5.10 Å².